The van der Waals surface area contributed by atoms with E-state index in [4.69, 9.17) is 9.72 Å². The molecule has 28 heavy (non-hydrogen) atoms. The molecular formula is C22H26N4O2. The highest BCUT2D eigenvalue weighted by molar-refractivity contribution is 5.78. The third-order valence-electron chi connectivity index (χ3n) is 5.37. The van der Waals surface area contributed by atoms with Gasteiger partial charge in [-0.05, 0) is 55.8 Å². The van der Waals surface area contributed by atoms with Gasteiger partial charge in [-0.1, -0.05) is 24.3 Å². The van der Waals surface area contributed by atoms with Gasteiger partial charge in [-0.25, -0.2) is 4.98 Å². The number of para-hydroxylation sites is 2. The number of hydrogen-bond acceptors (Lipinski definition) is 4. The molecule has 0 unspecified atom stereocenters. The van der Waals surface area contributed by atoms with Crippen molar-refractivity contribution in [3.8, 4) is 5.75 Å². The number of aromatic amines is 1. The summed E-state index contributed by atoms with van der Waals surface area (Å²) in [4.78, 5) is 22.7. The number of nitrogens with one attached hydrogen (secondary N) is 2. The largest absolute Gasteiger partial charge is 0.497 e. The number of aromatic nitrogens is 2. The van der Waals surface area contributed by atoms with Crippen LogP contribution >= 0.6 is 0 Å². The Balaban J connectivity index is 1.25. The number of fused-ring (bicyclic) bond motifs is 1. The van der Waals surface area contributed by atoms with Crippen LogP contribution in [0.2, 0.25) is 0 Å². The first-order chi connectivity index (χ1) is 13.7. The van der Waals surface area contributed by atoms with E-state index in [9.17, 15) is 4.79 Å². The fraction of sp³-hybridized carbons (Fsp3) is 0.364. The molecule has 2 aromatic carbocycles. The van der Waals surface area contributed by atoms with E-state index in [1.807, 2.05) is 42.5 Å². The number of ether oxygens (including phenoxy) is 1. The lowest BCUT2D eigenvalue weighted by Gasteiger charge is -2.30. The minimum Gasteiger partial charge on any atom is -0.497 e. The van der Waals surface area contributed by atoms with Crippen molar-refractivity contribution in [2.75, 3.05) is 26.7 Å². The number of amides is 1. The first-order valence-corrected chi connectivity index (χ1v) is 9.78. The zero-order chi connectivity index (χ0) is 19.3. The van der Waals surface area contributed by atoms with Gasteiger partial charge < -0.3 is 15.0 Å². The predicted octanol–water partition coefficient (Wildman–Crippen LogP) is 3.07. The zero-order valence-electron chi connectivity index (χ0n) is 16.1. The standard InChI is InChI=1S/C22H26N4O2/c1-28-18-6-4-5-16(13-18)14-23-21(27)15-26-11-9-17(10-12-26)22-24-19-7-2-3-8-20(19)25-22/h2-8,13,17H,9-12,14-15H2,1H3,(H,23,27)(H,24,25). The van der Waals surface area contributed by atoms with Crippen molar-refractivity contribution in [2.24, 2.45) is 0 Å². The molecule has 0 atom stereocenters. The van der Waals surface area contributed by atoms with Gasteiger partial charge in [0.15, 0.2) is 0 Å². The molecule has 1 saturated heterocycles. The van der Waals surface area contributed by atoms with E-state index < -0.39 is 0 Å². The third-order valence-corrected chi connectivity index (χ3v) is 5.37. The van der Waals surface area contributed by atoms with Crippen LogP contribution in [0.5, 0.6) is 5.75 Å². The van der Waals surface area contributed by atoms with Crippen LogP contribution in [-0.4, -0.2) is 47.5 Å². The van der Waals surface area contributed by atoms with Crippen LogP contribution in [0.1, 0.15) is 30.1 Å². The van der Waals surface area contributed by atoms with Gasteiger partial charge >= 0.3 is 0 Å². The fourth-order valence-electron chi connectivity index (χ4n) is 3.77. The summed E-state index contributed by atoms with van der Waals surface area (Å²) in [5.41, 5.74) is 3.16. The van der Waals surface area contributed by atoms with Crippen molar-refractivity contribution in [3.63, 3.8) is 0 Å². The Labute approximate surface area is 164 Å². The first kappa shape index (κ1) is 18.5. The highest BCUT2D eigenvalue weighted by Gasteiger charge is 2.24. The molecule has 0 saturated carbocycles. The lowest BCUT2D eigenvalue weighted by Crippen LogP contribution is -2.41. The van der Waals surface area contributed by atoms with Crippen molar-refractivity contribution in [1.82, 2.24) is 20.2 Å². The Bertz CT molecular complexity index is 911. The molecule has 1 aliphatic rings. The van der Waals surface area contributed by atoms with Crippen LogP contribution in [0.25, 0.3) is 11.0 Å². The van der Waals surface area contributed by atoms with Crippen LogP contribution in [0.15, 0.2) is 48.5 Å². The molecule has 0 spiro atoms. The average Bonchev–Trinajstić information content (AvgIpc) is 3.17. The van der Waals surface area contributed by atoms with Crippen molar-refractivity contribution in [3.05, 3.63) is 59.9 Å². The Hall–Kier alpha value is -2.86. The maximum atomic E-state index is 12.3. The Morgan fingerprint density at radius 3 is 2.82 bits per heavy atom. The molecule has 0 aliphatic carbocycles. The van der Waals surface area contributed by atoms with Gasteiger partial charge in [-0.2, -0.15) is 0 Å². The maximum Gasteiger partial charge on any atom is 0.234 e. The molecule has 1 aliphatic heterocycles. The summed E-state index contributed by atoms with van der Waals surface area (Å²) >= 11 is 0. The Kier molecular flexibility index (Phi) is 5.58. The van der Waals surface area contributed by atoms with Crippen LogP contribution < -0.4 is 10.1 Å². The average molecular weight is 378 g/mol. The van der Waals surface area contributed by atoms with E-state index in [0.717, 1.165) is 54.1 Å². The molecule has 6 heteroatoms. The van der Waals surface area contributed by atoms with Crippen LogP contribution in [-0.2, 0) is 11.3 Å². The monoisotopic (exact) mass is 378 g/mol. The number of benzene rings is 2. The highest BCUT2D eigenvalue weighted by Crippen LogP contribution is 2.27. The number of carbonyl (C=O) groups excluding carboxylic acids is 1. The maximum absolute atomic E-state index is 12.3. The second-order valence-electron chi connectivity index (χ2n) is 7.32. The quantitative estimate of drug-likeness (QED) is 0.692. The molecule has 2 heterocycles. The molecule has 1 amide bonds. The summed E-state index contributed by atoms with van der Waals surface area (Å²) < 4.78 is 5.22. The van der Waals surface area contributed by atoms with Crippen molar-refractivity contribution < 1.29 is 9.53 Å². The van der Waals surface area contributed by atoms with Gasteiger partial charge in [0.2, 0.25) is 5.91 Å². The summed E-state index contributed by atoms with van der Waals surface area (Å²) in [5, 5.41) is 3.00. The van der Waals surface area contributed by atoms with Gasteiger partial charge in [-0.15, -0.1) is 0 Å². The van der Waals surface area contributed by atoms with E-state index in [0.29, 0.717) is 19.0 Å². The normalized spacial score (nSPS) is 15.6. The number of piperidine rings is 1. The Morgan fingerprint density at radius 2 is 2.04 bits per heavy atom. The molecule has 6 nitrogen and oxygen atoms in total. The summed E-state index contributed by atoms with van der Waals surface area (Å²) in [5.74, 6) is 2.37. The van der Waals surface area contributed by atoms with E-state index in [1.54, 1.807) is 7.11 Å². The lowest BCUT2D eigenvalue weighted by atomic mass is 9.96. The number of carbonyl (C=O) groups is 1. The van der Waals surface area contributed by atoms with Crippen molar-refractivity contribution >= 4 is 16.9 Å². The number of H-pyrrole nitrogens is 1. The van der Waals surface area contributed by atoms with E-state index in [2.05, 4.69) is 21.3 Å². The zero-order valence-corrected chi connectivity index (χ0v) is 16.1. The number of nitrogens with zero attached hydrogens (tertiary/aromatic N) is 2. The predicted molar refractivity (Wildman–Crippen MR) is 109 cm³/mol. The molecular weight excluding hydrogens is 352 g/mol. The molecule has 146 valence electrons. The fourth-order valence-corrected chi connectivity index (χ4v) is 3.77. The van der Waals surface area contributed by atoms with Gasteiger partial charge in [0.1, 0.15) is 11.6 Å². The first-order valence-electron chi connectivity index (χ1n) is 9.78. The number of methoxy groups -OCH3 is 1. The summed E-state index contributed by atoms with van der Waals surface area (Å²) in [6.45, 7) is 2.78. The number of hydrogen-bond donors (Lipinski definition) is 2. The van der Waals surface area contributed by atoms with E-state index in [-0.39, 0.29) is 5.91 Å². The SMILES string of the molecule is COc1cccc(CNC(=O)CN2CCC(c3nc4ccccc4[nH]3)CC2)c1. The minimum absolute atomic E-state index is 0.0602. The highest BCUT2D eigenvalue weighted by atomic mass is 16.5. The minimum atomic E-state index is 0.0602. The molecule has 1 fully saturated rings. The van der Waals surface area contributed by atoms with Crippen molar-refractivity contribution in [2.45, 2.75) is 25.3 Å². The van der Waals surface area contributed by atoms with Crippen LogP contribution in [0.3, 0.4) is 0 Å². The summed E-state index contributed by atoms with van der Waals surface area (Å²) in [6.07, 6.45) is 2.03. The summed E-state index contributed by atoms with van der Waals surface area (Å²) in [6, 6.07) is 15.9. The van der Waals surface area contributed by atoms with Crippen LogP contribution in [0, 0.1) is 0 Å². The second kappa shape index (κ2) is 8.44. The van der Waals surface area contributed by atoms with E-state index >= 15 is 0 Å². The molecule has 0 radical (unpaired) electrons. The molecule has 1 aromatic heterocycles. The van der Waals surface area contributed by atoms with Crippen molar-refractivity contribution in [1.29, 1.82) is 0 Å². The van der Waals surface area contributed by atoms with Gasteiger partial charge in [0.05, 0.1) is 24.7 Å². The lowest BCUT2D eigenvalue weighted by molar-refractivity contribution is -0.122. The second-order valence-corrected chi connectivity index (χ2v) is 7.32. The Morgan fingerprint density at radius 1 is 1.21 bits per heavy atom. The smallest absolute Gasteiger partial charge is 0.234 e. The molecule has 4 rings (SSSR count). The van der Waals surface area contributed by atoms with Gasteiger partial charge in [-0.3, -0.25) is 9.69 Å². The third kappa shape index (κ3) is 4.34. The number of likely N-dealkylation sites (tertiary alicyclic amines) is 1. The molecule has 0 bridgehead atoms. The molecule has 3 aromatic rings. The van der Waals surface area contributed by atoms with Gasteiger partial charge in [0.25, 0.3) is 0 Å². The number of imidazole rings is 1. The molecule has 2 N–H and O–H groups in total. The van der Waals surface area contributed by atoms with Gasteiger partial charge in [0, 0.05) is 12.5 Å². The number of rotatable bonds is 6. The van der Waals surface area contributed by atoms with Crippen LogP contribution in [0.4, 0.5) is 0 Å². The summed E-state index contributed by atoms with van der Waals surface area (Å²) in [7, 11) is 1.65. The topological polar surface area (TPSA) is 70.2 Å². The van der Waals surface area contributed by atoms with E-state index in [1.165, 1.54) is 0 Å².